The Kier molecular flexibility index (Phi) is 5.67. The second-order valence-electron chi connectivity index (χ2n) is 3.28. The lowest BCUT2D eigenvalue weighted by atomic mass is 10.3. The molecule has 0 saturated carbocycles. The Morgan fingerprint density at radius 1 is 1.35 bits per heavy atom. The Morgan fingerprint density at radius 3 is 2.65 bits per heavy atom. The molecule has 0 atom stereocenters. The molecule has 17 heavy (non-hydrogen) atoms. The quantitative estimate of drug-likeness (QED) is 0.630. The van der Waals surface area contributed by atoms with Gasteiger partial charge in [-0.25, -0.2) is 13.1 Å². The molecule has 0 amide bonds. The smallest absolute Gasteiger partial charge is 0.211 e. The molecule has 0 bridgehead atoms. The second-order valence-corrected chi connectivity index (χ2v) is 6.79. The van der Waals surface area contributed by atoms with Gasteiger partial charge in [-0.15, -0.1) is 12.3 Å². The molecule has 0 saturated heterocycles. The minimum absolute atomic E-state index is 0.224. The monoisotopic (exact) mass is 379 g/mol. The van der Waals surface area contributed by atoms with Crippen molar-refractivity contribution in [2.24, 2.45) is 0 Å². The zero-order chi connectivity index (χ0) is 12.9. The molecule has 0 spiro atoms. The number of rotatable bonds is 5. The van der Waals surface area contributed by atoms with Crippen LogP contribution in [0.4, 0.5) is 0 Å². The third kappa shape index (κ3) is 4.43. The van der Waals surface area contributed by atoms with E-state index in [9.17, 15) is 8.42 Å². The van der Waals surface area contributed by atoms with Gasteiger partial charge in [-0.1, -0.05) is 15.9 Å². The van der Waals surface area contributed by atoms with Gasteiger partial charge in [0.05, 0.1) is 4.90 Å². The van der Waals surface area contributed by atoms with Gasteiger partial charge in [0, 0.05) is 21.9 Å². The summed E-state index contributed by atoms with van der Waals surface area (Å²) in [7, 11) is -3.47. The third-order valence-electron chi connectivity index (χ3n) is 1.97. The molecule has 6 heteroatoms. The fourth-order valence-electron chi connectivity index (χ4n) is 1.17. The Balaban J connectivity index is 2.80. The van der Waals surface area contributed by atoms with E-state index in [4.69, 9.17) is 6.42 Å². The first-order valence-corrected chi connectivity index (χ1v) is 7.92. The summed E-state index contributed by atoms with van der Waals surface area (Å²) < 4.78 is 27.7. The van der Waals surface area contributed by atoms with Gasteiger partial charge >= 0.3 is 0 Å². The fraction of sp³-hybridized carbons (Fsp3) is 0.273. The van der Waals surface area contributed by atoms with Crippen molar-refractivity contribution in [3.05, 3.63) is 27.1 Å². The summed E-state index contributed by atoms with van der Waals surface area (Å²) in [6.07, 6.45) is 6.28. The zero-order valence-corrected chi connectivity index (χ0v) is 12.9. The van der Waals surface area contributed by atoms with Crippen LogP contribution in [0, 0.1) is 12.3 Å². The van der Waals surface area contributed by atoms with Crippen LogP contribution in [0.1, 0.15) is 12.8 Å². The number of sulfonamides is 1. The van der Waals surface area contributed by atoms with Crippen LogP contribution in [0.15, 0.2) is 32.0 Å². The Labute approximate surface area is 118 Å². The van der Waals surface area contributed by atoms with Crippen LogP contribution in [0.5, 0.6) is 0 Å². The van der Waals surface area contributed by atoms with E-state index in [-0.39, 0.29) is 4.90 Å². The molecular formula is C11H11Br2NO2S. The van der Waals surface area contributed by atoms with Crippen LogP contribution in [0.3, 0.4) is 0 Å². The summed E-state index contributed by atoms with van der Waals surface area (Å²) >= 11 is 6.49. The van der Waals surface area contributed by atoms with Gasteiger partial charge in [-0.2, -0.15) is 0 Å². The van der Waals surface area contributed by atoms with Crippen LogP contribution >= 0.6 is 31.9 Å². The van der Waals surface area contributed by atoms with Crippen LogP contribution in [0.25, 0.3) is 0 Å². The highest BCUT2D eigenvalue weighted by Crippen LogP contribution is 2.25. The first kappa shape index (κ1) is 14.7. The molecule has 0 aliphatic carbocycles. The van der Waals surface area contributed by atoms with E-state index in [1.165, 1.54) is 6.07 Å². The van der Waals surface area contributed by atoms with Crippen LogP contribution in [-0.2, 0) is 10.0 Å². The third-order valence-corrected chi connectivity index (χ3v) is 4.90. The van der Waals surface area contributed by atoms with Crippen molar-refractivity contribution < 1.29 is 8.42 Å². The lowest BCUT2D eigenvalue weighted by molar-refractivity contribution is 0.579. The summed E-state index contributed by atoms with van der Waals surface area (Å²) in [4.78, 5) is 0.224. The highest BCUT2D eigenvalue weighted by atomic mass is 79.9. The zero-order valence-electron chi connectivity index (χ0n) is 8.91. The number of unbranched alkanes of at least 4 members (excludes halogenated alkanes) is 1. The lowest BCUT2D eigenvalue weighted by Crippen LogP contribution is -2.25. The molecule has 0 fully saturated rings. The van der Waals surface area contributed by atoms with Crippen LogP contribution < -0.4 is 4.72 Å². The van der Waals surface area contributed by atoms with E-state index in [2.05, 4.69) is 42.5 Å². The maximum absolute atomic E-state index is 11.9. The van der Waals surface area contributed by atoms with Gasteiger partial charge < -0.3 is 0 Å². The van der Waals surface area contributed by atoms with Crippen molar-refractivity contribution in [3.63, 3.8) is 0 Å². The highest BCUT2D eigenvalue weighted by molar-refractivity contribution is 9.11. The molecular weight excluding hydrogens is 370 g/mol. The SMILES string of the molecule is C#CCCCNS(=O)(=O)c1ccc(Br)cc1Br. The molecule has 1 aromatic rings. The Morgan fingerprint density at radius 2 is 2.06 bits per heavy atom. The van der Waals surface area contributed by atoms with Gasteiger partial charge in [-0.05, 0) is 40.5 Å². The van der Waals surface area contributed by atoms with Crippen molar-refractivity contribution in [3.8, 4) is 12.3 Å². The number of halogens is 2. The van der Waals surface area contributed by atoms with Crippen molar-refractivity contribution in [1.29, 1.82) is 0 Å². The van der Waals surface area contributed by atoms with Crippen molar-refractivity contribution in [1.82, 2.24) is 4.72 Å². The van der Waals surface area contributed by atoms with E-state index < -0.39 is 10.0 Å². The van der Waals surface area contributed by atoms with Gasteiger partial charge in [0.1, 0.15) is 0 Å². The molecule has 92 valence electrons. The maximum Gasteiger partial charge on any atom is 0.241 e. The molecule has 3 nitrogen and oxygen atoms in total. The summed E-state index contributed by atoms with van der Waals surface area (Å²) in [5, 5.41) is 0. The largest absolute Gasteiger partial charge is 0.241 e. The maximum atomic E-state index is 11.9. The van der Waals surface area contributed by atoms with E-state index in [1.54, 1.807) is 12.1 Å². The van der Waals surface area contributed by atoms with E-state index in [0.29, 0.717) is 23.9 Å². The van der Waals surface area contributed by atoms with Crippen molar-refractivity contribution in [2.45, 2.75) is 17.7 Å². The van der Waals surface area contributed by atoms with Gasteiger partial charge in [-0.3, -0.25) is 0 Å². The summed E-state index contributed by atoms with van der Waals surface area (Å²) in [6.45, 7) is 0.342. The first-order valence-electron chi connectivity index (χ1n) is 4.85. The minimum Gasteiger partial charge on any atom is -0.211 e. The topological polar surface area (TPSA) is 46.2 Å². The van der Waals surface area contributed by atoms with Crippen molar-refractivity contribution in [2.75, 3.05) is 6.54 Å². The molecule has 1 rings (SSSR count). The molecule has 0 heterocycles. The first-order chi connectivity index (χ1) is 7.97. The standard InChI is InChI=1S/C11H11Br2NO2S/c1-2-3-4-7-14-17(15,16)11-6-5-9(12)8-10(11)13/h1,5-6,8,14H,3-4,7H2. The summed E-state index contributed by atoms with van der Waals surface area (Å²) in [6, 6.07) is 4.91. The second kappa shape index (κ2) is 6.55. The highest BCUT2D eigenvalue weighted by Gasteiger charge is 2.16. The molecule has 1 aromatic carbocycles. The molecule has 0 aromatic heterocycles. The number of nitrogens with one attached hydrogen (secondary N) is 1. The average molecular weight is 381 g/mol. The van der Waals surface area contributed by atoms with Crippen molar-refractivity contribution >= 4 is 41.9 Å². The number of benzene rings is 1. The lowest BCUT2D eigenvalue weighted by Gasteiger charge is -2.08. The molecule has 1 N–H and O–H groups in total. The molecule has 0 radical (unpaired) electrons. The van der Waals surface area contributed by atoms with Gasteiger partial charge in [0.2, 0.25) is 10.0 Å². The van der Waals surface area contributed by atoms with Crippen LogP contribution in [0.2, 0.25) is 0 Å². The molecule has 0 aliphatic heterocycles. The Hall–Kier alpha value is -0.350. The number of hydrogen-bond donors (Lipinski definition) is 1. The number of terminal acetylenes is 1. The predicted octanol–water partition coefficient (Wildman–Crippen LogP) is 2.90. The molecule has 0 aliphatic rings. The van der Waals surface area contributed by atoms with Gasteiger partial charge in [0.25, 0.3) is 0 Å². The summed E-state index contributed by atoms with van der Waals surface area (Å²) in [5.74, 6) is 2.46. The number of hydrogen-bond acceptors (Lipinski definition) is 2. The van der Waals surface area contributed by atoms with E-state index in [0.717, 1.165) is 4.47 Å². The fourth-order valence-corrected chi connectivity index (χ4v) is 3.99. The minimum atomic E-state index is -3.47. The van der Waals surface area contributed by atoms with E-state index >= 15 is 0 Å². The molecule has 0 unspecified atom stereocenters. The normalized spacial score (nSPS) is 11.1. The Bertz CT molecular complexity index is 535. The average Bonchev–Trinajstić information content (AvgIpc) is 2.24. The van der Waals surface area contributed by atoms with E-state index in [1.807, 2.05) is 0 Å². The predicted molar refractivity (Wildman–Crippen MR) is 75.1 cm³/mol. The summed E-state index contributed by atoms with van der Waals surface area (Å²) in [5.41, 5.74) is 0. The van der Waals surface area contributed by atoms with Gasteiger partial charge in [0.15, 0.2) is 0 Å². The van der Waals surface area contributed by atoms with Crippen LogP contribution in [-0.4, -0.2) is 15.0 Å².